The molecule has 2 atom stereocenters. The molecule has 0 amide bonds. The predicted octanol–water partition coefficient (Wildman–Crippen LogP) is 4.13. The van der Waals surface area contributed by atoms with Crippen molar-refractivity contribution in [2.75, 3.05) is 11.4 Å². The third-order valence-electron chi connectivity index (χ3n) is 3.83. The van der Waals surface area contributed by atoms with Gasteiger partial charge in [0, 0.05) is 17.1 Å². The van der Waals surface area contributed by atoms with E-state index >= 15 is 0 Å². The molecule has 0 aliphatic carbocycles. The molecule has 1 saturated heterocycles. The summed E-state index contributed by atoms with van der Waals surface area (Å²) in [4.78, 5) is 2.50. The van der Waals surface area contributed by atoms with E-state index in [4.69, 9.17) is 0 Å². The second-order valence-corrected chi connectivity index (χ2v) is 6.39. The minimum atomic E-state index is -0.408. The summed E-state index contributed by atoms with van der Waals surface area (Å²) in [5.41, 5.74) is 2.22. The van der Waals surface area contributed by atoms with Gasteiger partial charge in [-0.05, 0) is 59.3 Å². The first-order valence-corrected chi connectivity index (χ1v) is 7.54. The van der Waals surface area contributed by atoms with Gasteiger partial charge in [-0.15, -0.1) is 0 Å². The zero-order valence-electron chi connectivity index (χ0n) is 11.4. The smallest absolute Gasteiger partial charge is 0.0762 e. The van der Waals surface area contributed by atoms with Crippen LogP contribution < -0.4 is 4.90 Å². The molecule has 0 spiro atoms. The van der Waals surface area contributed by atoms with Crippen LogP contribution in [0, 0.1) is 5.92 Å². The molecule has 1 N–H and O–H groups in total. The minimum Gasteiger partial charge on any atom is -0.389 e. The monoisotopic (exact) mass is 311 g/mol. The largest absolute Gasteiger partial charge is 0.389 e. The van der Waals surface area contributed by atoms with E-state index in [0.717, 1.165) is 16.6 Å². The van der Waals surface area contributed by atoms with Crippen LogP contribution >= 0.6 is 15.9 Å². The summed E-state index contributed by atoms with van der Waals surface area (Å²) in [5.74, 6) is 0.677. The molecule has 0 aromatic heterocycles. The SMILES string of the molecule is CC(C)C1CCCN1c1ccc([C@@H](C)O)cc1Br. The van der Waals surface area contributed by atoms with Crippen LogP contribution in [0.3, 0.4) is 0 Å². The zero-order chi connectivity index (χ0) is 13.3. The number of benzene rings is 1. The number of hydrogen-bond acceptors (Lipinski definition) is 2. The number of rotatable bonds is 3. The van der Waals surface area contributed by atoms with E-state index in [1.54, 1.807) is 6.92 Å². The third kappa shape index (κ3) is 2.72. The number of aliphatic hydroxyl groups excluding tert-OH is 1. The lowest BCUT2D eigenvalue weighted by molar-refractivity contribution is 0.199. The Kier molecular flexibility index (Phi) is 4.33. The highest BCUT2D eigenvalue weighted by Gasteiger charge is 2.28. The van der Waals surface area contributed by atoms with Gasteiger partial charge in [-0.2, -0.15) is 0 Å². The van der Waals surface area contributed by atoms with Crippen molar-refractivity contribution in [3.05, 3.63) is 28.2 Å². The van der Waals surface area contributed by atoms with Gasteiger partial charge in [-0.3, -0.25) is 0 Å². The number of anilines is 1. The molecular formula is C15H22BrNO. The van der Waals surface area contributed by atoms with E-state index in [9.17, 15) is 5.11 Å². The van der Waals surface area contributed by atoms with Crippen molar-refractivity contribution in [3.63, 3.8) is 0 Å². The lowest BCUT2D eigenvalue weighted by Crippen LogP contribution is -2.33. The van der Waals surface area contributed by atoms with Gasteiger partial charge in [-0.25, -0.2) is 0 Å². The molecule has 3 heteroatoms. The van der Waals surface area contributed by atoms with E-state index in [-0.39, 0.29) is 0 Å². The normalized spacial score (nSPS) is 21.7. The highest BCUT2D eigenvalue weighted by Crippen LogP contribution is 2.35. The average molecular weight is 312 g/mol. The molecule has 1 aliphatic rings. The second-order valence-electron chi connectivity index (χ2n) is 5.53. The Morgan fingerprint density at radius 2 is 2.06 bits per heavy atom. The van der Waals surface area contributed by atoms with Crippen molar-refractivity contribution in [2.45, 2.75) is 45.8 Å². The Bertz CT molecular complexity index is 417. The molecule has 1 aromatic rings. The maximum Gasteiger partial charge on any atom is 0.0762 e. The number of halogens is 1. The van der Waals surface area contributed by atoms with E-state index in [1.165, 1.54) is 18.5 Å². The lowest BCUT2D eigenvalue weighted by Gasteiger charge is -2.30. The van der Waals surface area contributed by atoms with Gasteiger partial charge in [0.25, 0.3) is 0 Å². The van der Waals surface area contributed by atoms with Crippen molar-refractivity contribution in [3.8, 4) is 0 Å². The number of hydrogen-bond donors (Lipinski definition) is 1. The second kappa shape index (κ2) is 5.62. The van der Waals surface area contributed by atoms with Gasteiger partial charge >= 0.3 is 0 Å². The topological polar surface area (TPSA) is 23.5 Å². The highest BCUT2D eigenvalue weighted by atomic mass is 79.9. The molecule has 0 radical (unpaired) electrons. The van der Waals surface area contributed by atoms with Crippen LogP contribution in [0.4, 0.5) is 5.69 Å². The zero-order valence-corrected chi connectivity index (χ0v) is 12.9. The summed E-state index contributed by atoms with van der Waals surface area (Å²) in [5, 5.41) is 9.61. The van der Waals surface area contributed by atoms with Gasteiger partial charge in [0.2, 0.25) is 0 Å². The summed E-state index contributed by atoms with van der Waals surface area (Å²) in [6.45, 7) is 7.52. The number of aliphatic hydroxyl groups is 1. The van der Waals surface area contributed by atoms with Crippen LogP contribution in [-0.2, 0) is 0 Å². The molecule has 1 unspecified atom stereocenters. The maximum absolute atomic E-state index is 9.61. The molecule has 100 valence electrons. The molecule has 1 heterocycles. The summed E-state index contributed by atoms with van der Waals surface area (Å²) < 4.78 is 1.09. The van der Waals surface area contributed by atoms with Crippen LogP contribution in [0.1, 0.15) is 45.3 Å². The van der Waals surface area contributed by atoms with Crippen LogP contribution in [0.2, 0.25) is 0 Å². The third-order valence-corrected chi connectivity index (χ3v) is 4.47. The van der Waals surface area contributed by atoms with Crippen molar-refractivity contribution in [2.24, 2.45) is 5.92 Å². The Labute approximate surface area is 118 Å². The van der Waals surface area contributed by atoms with Crippen LogP contribution in [-0.4, -0.2) is 17.7 Å². The fourth-order valence-electron chi connectivity index (χ4n) is 2.80. The minimum absolute atomic E-state index is 0.408. The molecule has 18 heavy (non-hydrogen) atoms. The van der Waals surface area contributed by atoms with E-state index in [1.807, 2.05) is 12.1 Å². The summed E-state index contributed by atoms with van der Waals surface area (Å²) in [6, 6.07) is 6.84. The molecule has 2 rings (SSSR count). The van der Waals surface area contributed by atoms with Gasteiger partial charge < -0.3 is 10.0 Å². The van der Waals surface area contributed by atoms with E-state index < -0.39 is 6.10 Å². The molecule has 1 aromatic carbocycles. The quantitative estimate of drug-likeness (QED) is 0.907. The van der Waals surface area contributed by atoms with Gasteiger partial charge in [0.05, 0.1) is 11.8 Å². The molecule has 1 fully saturated rings. The van der Waals surface area contributed by atoms with E-state index in [0.29, 0.717) is 12.0 Å². The van der Waals surface area contributed by atoms with Gasteiger partial charge in [-0.1, -0.05) is 19.9 Å². The molecule has 1 aliphatic heterocycles. The van der Waals surface area contributed by atoms with Crippen LogP contribution in [0.15, 0.2) is 22.7 Å². The Morgan fingerprint density at radius 3 is 2.61 bits per heavy atom. The molecule has 2 nitrogen and oxygen atoms in total. The van der Waals surface area contributed by atoms with E-state index in [2.05, 4.69) is 40.7 Å². The fourth-order valence-corrected chi connectivity index (χ4v) is 3.42. The highest BCUT2D eigenvalue weighted by molar-refractivity contribution is 9.10. The van der Waals surface area contributed by atoms with Crippen molar-refractivity contribution >= 4 is 21.6 Å². The first kappa shape index (κ1) is 13.9. The van der Waals surface area contributed by atoms with Crippen molar-refractivity contribution in [1.29, 1.82) is 0 Å². The van der Waals surface area contributed by atoms with Crippen molar-refractivity contribution in [1.82, 2.24) is 0 Å². The van der Waals surface area contributed by atoms with Crippen molar-refractivity contribution < 1.29 is 5.11 Å². The maximum atomic E-state index is 9.61. The predicted molar refractivity (Wildman–Crippen MR) is 80.0 cm³/mol. The standard InChI is InChI=1S/C15H22BrNO/c1-10(2)14-5-4-8-17(14)15-7-6-12(11(3)18)9-13(15)16/h6-7,9-11,14,18H,4-5,8H2,1-3H3/t11-,14?/m1/s1. The van der Waals surface area contributed by atoms with Gasteiger partial charge in [0.1, 0.15) is 0 Å². The molecular weight excluding hydrogens is 290 g/mol. The fraction of sp³-hybridized carbons (Fsp3) is 0.600. The number of nitrogens with zero attached hydrogens (tertiary/aromatic N) is 1. The lowest BCUT2D eigenvalue weighted by atomic mass is 10.0. The summed E-state index contributed by atoms with van der Waals surface area (Å²) in [6.07, 6.45) is 2.14. The Morgan fingerprint density at radius 1 is 1.33 bits per heavy atom. The first-order chi connectivity index (χ1) is 8.50. The summed E-state index contributed by atoms with van der Waals surface area (Å²) >= 11 is 3.65. The first-order valence-electron chi connectivity index (χ1n) is 6.75. The molecule has 0 saturated carbocycles. The van der Waals surface area contributed by atoms with Crippen LogP contribution in [0.25, 0.3) is 0 Å². The summed E-state index contributed by atoms with van der Waals surface area (Å²) in [7, 11) is 0. The average Bonchev–Trinajstić information content (AvgIpc) is 2.77. The van der Waals surface area contributed by atoms with Crippen LogP contribution in [0.5, 0.6) is 0 Å². The Hall–Kier alpha value is -0.540. The Balaban J connectivity index is 2.28. The molecule has 0 bridgehead atoms. The van der Waals surface area contributed by atoms with Gasteiger partial charge in [0.15, 0.2) is 0 Å².